The summed E-state index contributed by atoms with van der Waals surface area (Å²) in [5, 5.41) is 30.9. The molecule has 6 aromatic rings. The average Bonchev–Trinajstić information content (AvgIpc) is 1.48. The molecule has 4 fully saturated rings. The molecule has 21 heteroatoms. The number of piperidine rings is 1. The molecule has 0 spiro atoms. The Bertz CT molecular complexity index is 3490. The van der Waals surface area contributed by atoms with E-state index in [0.29, 0.717) is 38.8 Å². The SMILES string of the molecule is Cc1ncsc1-c1ccc([C@H](C)NC(=O)[C@@H]2C[C@](O)([Al])CN2C(=O)[C@@H](NC(=O)COCCC2CCN(CCOc3nc(N4CC5CCC(C4)N5C(=O)OC(C)(C)C)c4cnc5c(c4n3)C(C)c3cccc4cc(O)cc-5c34)CC2)C(C)(C)C)cc1. The number of phenolic OH excluding ortho intramolecular Hbond substituents is 1. The Morgan fingerprint density at radius 2 is 1.66 bits per heavy atom. The maximum absolute atomic E-state index is 14.4. The Labute approximate surface area is 509 Å². The van der Waals surface area contributed by atoms with Crippen LogP contribution in [0.25, 0.3) is 43.4 Å². The molecule has 5 aliphatic rings. The summed E-state index contributed by atoms with van der Waals surface area (Å²) in [5.74, 6) is -0.0222. The number of nitrogens with one attached hydrogen (secondary N) is 2. The highest BCUT2D eigenvalue weighted by molar-refractivity contribution is 7.13. The van der Waals surface area contributed by atoms with Crippen LogP contribution < -0.4 is 20.3 Å². The fraction of sp³-hybridized carbons (Fsp3) is 0.531. The maximum Gasteiger partial charge on any atom is 0.410 e. The standard InChI is InChI=1S/C64H79N10O9S.Al/c1-36-47-12-10-11-42-27-45(75)28-48(53(42)47)54-52(36)55-49(30-65-54)58(72-31-43-17-18-44(32-72)74(43)62(80)83-64(7,8)9)70-61(69-55)82-26-24-71-22-19-39(20-23-71)21-25-81-34-51(77)68-57(63(4,5)6)60(79)73-33-46(76)29-50(73)59(78)67-37(2)40-13-15-41(16-14-40)56-38(3)66-35-84-56;/h10-16,27-28,30,35-37,39,43-44,50,57,75-76H,17-26,29,31-34H2,1-9H3,(H,67,78)(H,68,77);/t36?,37-,43?,44?,50-,57+;/m0./s1. The van der Waals surface area contributed by atoms with Gasteiger partial charge in [-0.1, -0.05) is 70.2 Å². The summed E-state index contributed by atoms with van der Waals surface area (Å²) in [4.78, 5) is 84.2. The number of carbonyl (C=O) groups excluding carboxylic acids is 4. The van der Waals surface area contributed by atoms with E-state index in [-0.39, 0.29) is 67.4 Å². The van der Waals surface area contributed by atoms with Crippen molar-refractivity contribution in [3.8, 4) is 33.5 Å². The summed E-state index contributed by atoms with van der Waals surface area (Å²) in [6, 6.07) is 15.6. The van der Waals surface area contributed by atoms with E-state index >= 15 is 0 Å². The van der Waals surface area contributed by atoms with Crippen LogP contribution in [-0.4, -0.2) is 178 Å². The van der Waals surface area contributed by atoms with Gasteiger partial charge in [0.2, 0.25) is 17.7 Å². The summed E-state index contributed by atoms with van der Waals surface area (Å²) in [7, 11) is 0. The second-order valence-corrected chi connectivity index (χ2v) is 28.1. The number of benzene rings is 3. The lowest BCUT2D eigenvalue weighted by Crippen LogP contribution is -2.58. The predicted octanol–water partition coefficient (Wildman–Crippen LogP) is 8.40. The van der Waals surface area contributed by atoms with Crippen molar-refractivity contribution in [2.75, 3.05) is 64.0 Å². The number of β-amino-alcohol motifs (C(OH)–C–C–N with tert-alkyl or cyclic N) is 1. The lowest BCUT2D eigenvalue weighted by Gasteiger charge is -2.42. The van der Waals surface area contributed by atoms with Crippen LogP contribution in [0, 0.1) is 18.3 Å². The van der Waals surface area contributed by atoms with Gasteiger partial charge >= 0.3 is 12.1 Å². The molecule has 85 heavy (non-hydrogen) atoms. The number of likely N-dealkylation sites (tertiary alicyclic amines) is 2. The smallest absolute Gasteiger partial charge is 0.410 e. The van der Waals surface area contributed by atoms with E-state index in [1.807, 2.05) is 108 Å². The largest absolute Gasteiger partial charge is 0.508 e. The minimum absolute atomic E-state index is 0.0234. The number of aromatic nitrogens is 4. The number of anilines is 1. The number of aryl methyl sites for hydroxylation is 1. The van der Waals surface area contributed by atoms with Gasteiger partial charge in [0, 0.05) is 60.5 Å². The molecule has 2 bridgehead atoms. The number of hydrogen-bond acceptors (Lipinski definition) is 16. The number of fused-ring (bicyclic) bond motifs is 6. The van der Waals surface area contributed by atoms with Gasteiger partial charge in [-0.25, -0.2) is 9.78 Å². The van der Waals surface area contributed by atoms with E-state index in [2.05, 4.69) is 54.7 Å². The fourth-order valence-electron chi connectivity index (χ4n) is 13.3. The molecule has 2 radical (unpaired) electrons. The fourth-order valence-corrected chi connectivity index (χ4v) is 14.5. The Kier molecular flexibility index (Phi) is 17.0. The van der Waals surface area contributed by atoms with Gasteiger partial charge in [-0.3, -0.25) is 29.2 Å². The van der Waals surface area contributed by atoms with Crippen LogP contribution >= 0.6 is 11.3 Å². The minimum atomic E-state index is -1.38. The van der Waals surface area contributed by atoms with Crippen LogP contribution in [0.3, 0.4) is 0 Å². The summed E-state index contributed by atoms with van der Waals surface area (Å²) in [5.41, 5.74) is 7.89. The van der Waals surface area contributed by atoms with Crippen molar-refractivity contribution < 1.29 is 43.6 Å². The lowest BCUT2D eigenvalue weighted by molar-refractivity contribution is -0.144. The number of aliphatic hydroxyl groups is 1. The van der Waals surface area contributed by atoms with E-state index in [0.717, 1.165) is 117 Å². The van der Waals surface area contributed by atoms with Gasteiger partial charge in [-0.05, 0) is 137 Å². The number of phenols is 1. The van der Waals surface area contributed by atoms with Crippen molar-refractivity contribution in [2.45, 2.75) is 147 Å². The first-order chi connectivity index (χ1) is 40.4. The number of ether oxygens (including phenoxy) is 3. The van der Waals surface area contributed by atoms with Crippen LogP contribution in [0.4, 0.5) is 10.6 Å². The van der Waals surface area contributed by atoms with Crippen molar-refractivity contribution in [2.24, 2.45) is 11.3 Å². The van der Waals surface area contributed by atoms with Crippen molar-refractivity contribution in [3.63, 3.8) is 0 Å². The Morgan fingerprint density at radius 1 is 0.929 bits per heavy atom. The zero-order valence-corrected chi connectivity index (χ0v) is 52.3. The van der Waals surface area contributed by atoms with E-state index in [4.69, 9.17) is 29.2 Å². The van der Waals surface area contributed by atoms with Crippen molar-refractivity contribution >= 4 is 78.9 Å². The molecule has 0 saturated carbocycles. The highest BCUT2D eigenvalue weighted by atomic mass is 32.1. The second kappa shape index (κ2) is 24.0. The molecule has 448 valence electrons. The molecule has 7 atom stereocenters. The first-order valence-electron chi connectivity index (χ1n) is 30.0. The summed E-state index contributed by atoms with van der Waals surface area (Å²) in [6.07, 6.45) is 6.03. The van der Waals surface area contributed by atoms with Gasteiger partial charge in [-0.15, -0.1) is 11.3 Å². The number of nitrogens with zero attached hydrogens (tertiary/aromatic N) is 8. The molecule has 7 heterocycles. The maximum atomic E-state index is 14.4. The van der Waals surface area contributed by atoms with Crippen molar-refractivity contribution in [1.29, 1.82) is 0 Å². The number of carbonyl (C=O) groups is 4. The zero-order valence-electron chi connectivity index (χ0n) is 50.3. The highest BCUT2D eigenvalue weighted by Crippen LogP contribution is 2.49. The average molecular weight is 1190 g/mol. The molecule has 3 aromatic heterocycles. The Morgan fingerprint density at radius 3 is 2.34 bits per heavy atom. The zero-order chi connectivity index (χ0) is 60.3. The topological polar surface area (TPSA) is 225 Å². The Balaban J connectivity index is 0.685. The number of hydrogen-bond donors (Lipinski definition) is 4. The summed E-state index contributed by atoms with van der Waals surface area (Å²) in [6.45, 7) is 21.3. The molecule has 3 aromatic carbocycles. The lowest BCUT2D eigenvalue weighted by atomic mass is 9.79. The first kappa shape index (κ1) is 60.2. The van der Waals surface area contributed by atoms with Gasteiger partial charge < -0.3 is 44.9 Å². The number of aromatic hydroxyl groups is 1. The summed E-state index contributed by atoms with van der Waals surface area (Å²) < 4.78 is 17.0. The van der Waals surface area contributed by atoms with E-state index in [9.17, 15) is 29.4 Å². The van der Waals surface area contributed by atoms with E-state index < -0.39 is 39.4 Å². The molecule has 4 saturated heterocycles. The van der Waals surface area contributed by atoms with Gasteiger partial charge in [0.1, 0.15) is 42.5 Å². The second-order valence-electron chi connectivity index (χ2n) is 26.2. The normalized spacial score (nSPS) is 22.4. The first-order valence-corrected chi connectivity index (χ1v) is 31.4. The number of rotatable bonds is 16. The third kappa shape index (κ3) is 12.9. The molecule has 4 N–H and O–H groups in total. The van der Waals surface area contributed by atoms with Crippen molar-refractivity contribution in [3.05, 3.63) is 88.7 Å². The van der Waals surface area contributed by atoms with Gasteiger partial charge in [0.15, 0.2) is 16.3 Å². The quantitative estimate of drug-likeness (QED) is 0.0527. The molecule has 11 rings (SSSR count). The number of piperazine rings is 1. The van der Waals surface area contributed by atoms with E-state index in [1.54, 1.807) is 23.5 Å². The third-order valence-corrected chi connectivity index (χ3v) is 19.1. The van der Waals surface area contributed by atoms with Crippen LogP contribution in [-0.2, 0) is 23.9 Å². The molecular weight excluding hydrogens is 1110 g/mol. The Hall–Kier alpha value is -6.47. The van der Waals surface area contributed by atoms with Gasteiger partial charge in [0.05, 0.1) is 50.8 Å². The van der Waals surface area contributed by atoms with E-state index in [1.165, 1.54) is 4.90 Å². The third-order valence-electron chi connectivity index (χ3n) is 17.7. The molecule has 4 aliphatic heterocycles. The minimum Gasteiger partial charge on any atom is -0.508 e. The van der Waals surface area contributed by atoms with Gasteiger partial charge in [0.25, 0.3) is 0 Å². The predicted molar refractivity (Wildman–Crippen MR) is 328 cm³/mol. The molecule has 3 unspecified atom stereocenters. The van der Waals surface area contributed by atoms with Crippen molar-refractivity contribution in [1.82, 2.24) is 45.3 Å². The van der Waals surface area contributed by atoms with Crippen LogP contribution in [0.1, 0.15) is 128 Å². The van der Waals surface area contributed by atoms with Gasteiger partial charge in [-0.2, -0.15) is 9.97 Å². The van der Waals surface area contributed by atoms with Crippen LogP contribution in [0.15, 0.2) is 66.3 Å². The molecular formula is C64H79AlN10O9S. The monoisotopic (exact) mass is 1190 g/mol. The number of amides is 4. The molecule has 19 nitrogen and oxygen atoms in total. The highest BCUT2D eigenvalue weighted by Gasteiger charge is 2.49. The number of thiazole rings is 1. The summed E-state index contributed by atoms with van der Waals surface area (Å²) >= 11 is 3.96. The molecule has 1 aliphatic carbocycles. The number of pyridine rings is 1. The van der Waals surface area contributed by atoms with Crippen LogP contribution in [0.2, 0.25) is 0 Å². The molecule has 4 amide bonds. The van der Waals surface area contributed by atoms with Crippen LogP contribution in [0.5, 0.6) is 11.8 Å².